The Hall–Kier alpha value is -1.17. The Bertz CT molecular complexity index is 635. The molecule has 3 rings (SSSR count). The Kier molecular flexibility index (Phi) is 9.18. The summed E-state index contributed by atoms with van der Waals surface area (Å²) < 4.78 is 5.69. The Morgan fingerprint density at radius 2 is 2.10 bits per heavy atom. The van der Waals surface area contributed by atoms with Gasteiger partial charge in [0.05, 0.1) is 18.3 Å². The number of aliphatic hydroxyl groups excluding tert-OH is 1. The predicted octanol–water partition coefficient (Wildman–Crippen LogP) is 4.24. The average molecular weight is 434 g/mol. The van der Waals surface area contributed by atoms with E-state index in [-0.39, 0.29) is 24.5 Å². The number of rotatable bonds is 11. The molecule has 1 saturated heterocycles. The highest BCUT2D eigenvalue weighted by Crippen LogP contribution is 2.48. The summed E-state index contributed by atoms with van der Waals surface area (Å²) in [5.41, 5.74) is 0.748. The minimum atomic E-state index is -0.655. The molecule has 0 aromatic rings. The van der Waals surface area contributed by atoms with Crippen molar-refractivity contribution in [1.82, 2.24) is 4.90 Å². The second kappa shape index (κ2) is 11.6. The lowest BCUT2D eigenvalue weighted by Crippen LogP contribution is -2.38. The van der Waals surface area contributed by atoms with Crippen LogP contribution >= 0.6 is 0 Å². The van der Waals surface area contributed by atoms with E-state index in [1.54, 1.807) is 0 Å². The van der Waals surface area contributed by atoms with E-state index in [4.69, 9.17) is 4.74 Å². The van der Waals surface area contributed by atoms with Crippen LogP contribution in [0.1, 0.15) is 78.1 Å². The van der Waals surface area contributed by atoms with Crippen molar-refractivity contribution >= 4 is 5.91 Å². The minimum absolute atomic E-state index is 0.125. The third kappa shape index (κ3) is 7.16. The van der Waals surface area contributed by atoms with E-state index < -0.39 is 5.60 Å². The van der Waals surface area contributed by atoms with Gasteiger partial charge in [-0.1, -0.05) is 43.6 Å². The molecule has 2 aliphatic carbocycles. The molecule has 3 aliphatic rings. The van der Waals surface area contributed by atoms with Crippen molar-refractivity contribution in [3.63, 3.8) is 0 Å². The minimum Gasteiger partial charge on any atom is -0.392 e. The zero-order valence-corrected chi connectivity index (χ0v) is 19.6. The molecule has 2 fully saturated rings. The number of hydrogen-bond donors (Lipinski definition) is 2. The molecule has 1 heterocycles. The highest BCUT2D eigenvalue weighted by Gasteiger charge is 2.43. The van der Waals surface area contributed by atoms with Crippen LogP contribution in [0.4, 0.5) is 0 Å². The molecule has 0 radical (unpaired) electrons. The molecule has 31 heavy (non-hydrogen) atoms. The molecular formula is C26H43NO4. The molecule has 1 amide bonds. The van der Waals surface area contributed by atoms with Gasteiger partial charge in [-0.15, -0.1) is 0 Å². The molecule has 5 atom stereocenters. The predicted molar refractivity (Wildman–Crippen MR) is 124 cm³/mol. The van der Waals surface area contributed by atoms with Gasteiger partial charge >= 0.3 is 0 Å². The largest absolute Gasteiger partial charge is 0.392 e. The Morgan fingerprint density at radius 1 is 1.32 bits per heavy atom. The van der Waals surface area contributed by atoms with Gasteiger partial charge in [0.15, 0.2) is 0 Å². The first-order valence-corrected chi connectivity index (χ1v) is 12.5. The van der Waals surface area contributed by atoms with Crippen LogP contribution in [0, 0.1) is 17.8 Å². The number of aliphatic hydroxyl groups is 2. The third-order valence-electron chi connectivity index (χ3n) is 7.44. The zero-order valence-electron chi connectivity index (χ0n) is 19.6. The van der Waals surface area contributed by atoms with Gasteiger partial charge in [0, 0.05) is 19.0 Å². The van der Waals surface area contributed by atoms with Gasteiger partial charge in [-0.2, -0.15) is 0 Å². The first kappa shape index (κ1) is 24.5. The average Bonchev–Trinajstić information content (AvgIpc) is 3.27. The van der Waals surface area contributed by atoms with Crippen molar-refractivity contribution in [3.05, 3.63) is 23.8 Å². The number of likely N-dealkylation sites (tertiary alicyclic amines) is 1. The first-order valence-electron chi connectivity index (χ1n) is 12.5. The maximum Gasteiger partial charge on any atom is 0.248 e. The molecule has 2 N–H and O–H groups in total. The molecule has 1 saturated carbocycles. The van der Waals surface area contributed by atoms with E-state index in [0.717, 1.165) is 64.5 Å². The molecule has 5 nitrogen and oxygen atoms in total. The van der Waals surface area contributed by atoms with Gasteiger partial charge in [0.1, 0.15) is 6.61 Å². The first-order chi connectivity index (χ1) is 14.9. The van der Waals surface area contributed by atoms with Gasteiger partial charge in [0.2, 0.25) is 5.91 Å². The van der Waals surface area contributed by atoms with Gasteiger partial charge in [-0.05, 0) is 70.1 Å². The molecule has 0 aromatic heterocycles. The SMILES string of the molecule is CCCC[C@](C)(O)C/C=C/[C@@H]1[C@H]2CC(CCOCC(=O)N3CCCCC3)=C[C@H]2C[C@H]1O. The quantitative estimate of drug-likeness (QED) is 0.378. The summed E-state index contributed by atoms with van der Waals surface area (Å²) in [6, 6.07) is 0. The summed E-state index contributed by atoms with van der Waals surface area (Å²) in [5, 5.41) is 21.0. The smallest absolute Gasteiger partial charge is 0.248 e. The van der Waals surface area contributed by atoms with Crippen molar-refractivity contribution in [2.24, 2.45) is 17.8 Å². The zero-order chi connectivity index (χ0) is 22.3. The number of nitrogens with zero attached hydrogens (tertiary/aromatic N) is 1. The number of amides is 1. The third-order valence-corrected chi connectivity index (χ3v) is 7.44. The standard InChI is InChI=1S/C26H43NO4/c1-3-4-11-26(2,30)12-8-9-22-23-17-20(16-21(23)18-24(22)28)10-15-31-19-25(29)27-13-6-5-7-14-27/h8-9,16,21-24,28,30H,3-7,10-15,17-19H2,1-2H3/b9-8+/t21-,22+,23-,24+,26-/m0/s1. The lowest BCUT2D eigenvalue weighted by atomic mass is 9.88. The second-order valence-corrected chi connectivity index (χ2v) is 10.2. The number of piperidine rings is 1. The summed E-state index contributed by atoms with van der Waals surface area (Å²) in [5.74, 6) is 1.19. The van der Waals surface area contributed by atoms with E-state index in [1.165, 1.54) is 12.0 Å². The maximum absolute atomic E-state index is 12.2. The number of carbonyl (C=O) groups excluding carboxylic acids is 1. The van der Waals surface area contributed by atoms with E-state index in [2.05, 4.69) is 25.2 Å². The molecule has 1 aliphatic heterocycles. The van der Waals surface area contributed by atoms with E-state index in [1.807, 2.05) is 11.8 Å². The second-order valence-electron chi connectivity index (χ2n) is 10.2. The molecule has 5 heteroatoms. The van der Waals surface area contributed by atoms with Gasteiger partial charge in [0.25, 0.3) is 0 Å². The molecule has 0 aromatic carbocycles. The van der Waals surface area contributed by atoms with Gasteiger partial charge in [-0.3, -0.25) is 4.79 Å². The Balaban J connectivity index is 1.39. The van der Waals surface area contributed by atoms with Gasteiger partial charge < -0.3 is 19.8 Å². The monoisotopic (exact) mass is 433 g/mol. The van der Waals surface area contributed by atoms with Crippen molar-refractivity contribution in [1.29, 1.82) is 0 Å². The van der Waals surface area contributed by atoms with Gasteiger partial charge in [-0.25, -0.2) is 0 Å². The van der Waals surface area contributed by atoms with Crippen LogP contribution in [0.5, 0.6) is 0 Å². The van der Waals surface area contributed by atoms with Crippen LogP contribution < -0.4 is 0 Å². The molecule has 0 bridgehead atoms. The molecular weight excluding hydrogens is 390 g/mol. The normalized spacial score (nSPS) is 30.5. The van der Waals surface area contributed by atoms with Crippen LogP contribution in [-0.4, -0.2) is 59.0 Å². The number of carbonyl (C=O) groups is 1. The lowest BCUT2D eigenvalue weighted by molar-refractivity contribution is -0.137. The highest BCUT2D eigenvalue weighted by atomic mass is 16.5. The molecule has 0 unspecified atom stereocenters. The fourth-order valence-corrected chi connectivity index (χ4v) is 5.53. The molecule has 0 spiro atoms. The summed E-state index contributed by atoms with van der Waals surface area (Å²) in [6.07, 6.45) is 16.0. The highest BCUT2D eigenvalue weighted by molar-refractivity contribution is 5.77. The van der Waals surface area contributed by atoms with Crippen LogP contribution in [-0.2, 0) is 9.53 Å². The number of unbranched alkanes of at least 4 members (excludes halogenated alkanes) is 1. The Labute approximate surface area is 188 Å². The maximum atomic E-state index is 12.2. The number of ether oxygens (including phenoxy) is 1. The van der Waals surface area contributed by atoms with Crippen molar-refractivity contribution in [2.45, 2.75) is 89.8 Å². The van der Waals surface area contributed by atoms with E-state index >= 15 is 0 Å². The molecule has 176 valence electrons. The van der Waals surface area contributed by atoms with Crippen LogP contribution in [0.15, 0.2) is 23.8 Å². The summed E-state index contributed by atoms with van der Waals surface area (Å²) >= 11 is 0. The van der Waals surface area contributed by atoms with Crippen LogP contribution in [0.2, 0.25) is 0 Å². The topological polar surface area (TPSA) is 70.0 Å². The van der Waals surface area contributed by atoms with Crippen molar-refractivity contribution in [3.8, 4) is 0 Å². The van der Waals surface area contributed by atoms with Crippen molar-refractivity contribution in [2.75, 3.05) is 26.3 Å². The lowest BCUT2D eigenvalue weighted by Gasteiger charge is -2.26. The number of hydrogen-bond acceptors (Lipinski definition) is 4. The summed E-state index contributed by atoms with van der Waals surface area (Å²) in [7, 11) is 0. The Morgan fingerprint density at radius 3 is 2.84 bits per heavy atom. The van der Waals surface area contributed by atoms with E-state index in [0.29, 0.717) is 24.9 Å². The van der Waals surface area contributed by atoms with E-state index in [9.17, 15) is 15.0 Å². The summed E-state index contributed by atoms with van der Waals surface area (Å²) in [4.78, 5) is 14.1. The fraction of sp³-hybridized carbons (Fsp3) is 0.808. The van der Waals surface area contributed by atoms with Crippen LogP contribution in [0.25, 0.3) is 0 Å². The number of allylic oxidation sites excluding steroid dienone is 1. The number of fused-ring (bicyclic) bond motifs is 1. The van der Waals surface area contributed by atoms with Crippen molar-refractivity contribution < 1.29 is 19.7 Å². The fourth-order valence-electron chi connectivity index (χ4n) is 5.53. The van der Waals surface area contributed by atoms with Crippen LogP contribution in [0.3, 0.4) is 0 Å². The summed E-state index contributed by atoms with van der Waals surface area (Å²) in [6.45, 7) is 6.59.